The molecule has 0 aromatic carbocycles. The zero-order chi connectivity index (χ0) is 11.7. The van der Waals surface area contributed by atoms with Crippen molar-refractivity contribution in [3.8, 4) is 5.88 Å². The first-order valence-electron chi connectivity index (χ1n) is 4.67. The Kier molecular flexibility index (Phi) is 2.98. The molecule has 0 saturated carbocycles. The van der Waals surface area contributed by atoms with Gasteiger partial charge in [0.05, 0.1) is 7.11 Å². The van der Waals surface area contributed by atoms with Crippen molar-refractivity contribution in [2.75, 3.05) is 7.11 Å². The molecule has 1 aromatic heterocycles. The van der Waals surface area contributed by atoms with Crippen LogP contribution in [-0.2, 0) is 5.92 Å². The summed E-state index contributed by atoms with van der Waals surface area (Å²) in [4.78, 5) is 3.77. The Bertz CT molecular complexity index is 327. The van der Waals surface area contributed by atoms with Crippen LogP contribution in [0.2, 0.25) is 0 Å². The number of halogens is 2. The predicted octanol–water partition coefficient (Wildman–Crippen LogP) is 3.23. The topological polar surface area (TPSA) is 22.1 Å². The monoisotopic (exact) mass is 215 g/mol. The minimum absolute atomic E-state index is 0.0872. The van der Waals surface area contributed by atoms with E-state index in [1.54, 1.807) is 0 Å². The Hall–Kier alpha value is -1.19. The third-order valence-electron chi connectivity index (χ3n) is 2.25. The van der Waals surface area contributed by atoms with Gasteiger partial charge in [0.1, 0.15) is 0 Å². The van der Waals surface area contributed by atoms with Crippen molar-refractivity contribution < 1.29 is 13.5 Å². The molecule has 0 aliphatic rings. The molecule has 0 bridgehead atoms. The Morgan fingerprint density at radius 3 is 2.13 bits per heavy atom. The number of ether oxygens (including phenoxy) is 1. The van der Waals surface area contributed by atoms with Crippen LogP contribution in [0, 0.1) is 5.41 Å². The number of pyridine rings is 1. The molecule has 0 unspecified atom stereocenters. The summed E-state index contributed by atoms with van der Waals surface area (Å²) >= 11 is 0. The van der Waals surface area contributed by atoms with E-state index in [1.807, 2.05) is 0 Å². The average Bonchev–Trinajstić information content (AvgIpc) is 2.16. The summed E-state index contributed by atoms with van der Waals surface area (Å²) in [5, 5.41) is 0. The summed E-state index contributed by atoms with van der Waals surface area (Å²) in [5.74, 6) is -2.56. The second-order valence-corrected chi connectivity index (χ2v) is 4.41. The molecule has 0 spiro atoms. The van der Waals surface area contributed by atoms with Gasteiger partial charge in [-0.3, -0.25) is 0 Å². The molecular formula is C11H15F2NO. The van der Waals surface area contributed by atoms with Crippen LogP contribution in [0.5, 0.6) is 5.88 Å². The number of rotatable bonds is 2. The molecule has 2 nitrogen and oxygen atoms in total. The van der Waals surface area contributed by atoms with Gasteiger partial charge >= 0.3 is 0 Å². The van der Waals surface area contributed by atoms with Gasteiger partial charge in [0, 0.05) is 23.2 Å². The minimum Gasteiger partial charge on any atom is -0.481 e. The van der Waals surface area contributed by atoms with Crippen molar-refractivity contribution in [1.82, 2.24) is 4.98 Å². The van der Waals surface area contributed by atoms with E-state index in [0.717, 1.165) is 6.20 Å². The molecule has 0 aliphatic carbocycles. The van der Waals surface area contributed by atoms with E-state index in [0.29, 0.717) is 5.88 Å². The van der Waals surface area contributed by atoms with E-state index in [9.17, 15) is 8.78 Å². The zero-order valence-electron chi connectivity index (χ0n) is 9.34. The summed E-state index contributed by atoms with van der Waals surface area (Å²) in [6.07, 6.45) is 1.16. The summed E-state index contributed by atoms with van der Waals surface area (Å²) < 4.78 is 32.4. The standard InChI is InChI=1S/C11H15F2NO/c1-10(2,3)11(12,13)8-5-6-9(15-4)14-7-8/h5-7H,1-4H3. The first-order valence-corrected chi connectivity index (χ1v) is 4.67. The lowest BCUT2D eigenvalue weighted by molar-refractivity contribution is -0.104. The molecule has 1 heterocycles. The van der Waals surface area contributed by atoms with Crippen LogP contribution in [0.25, 0.3) is 0 Å². The fourth-order valence-corrected chi connectivity index (χ4v) is 1.12. The number of hydrogen-bond acceptors (Lipinski definition) is 2. The van der Waals surface area contributed by atoms with Gasteiger partial charge in [-0.1, -0.05) is 20.8 Å². The maximum Gasteiger partial charge on any atom is 0.279 e. The summed E-state index contributed by atoms with van der Waals surface area (Å²) in [5.41, 5.74) is -1.21. The van der Waals surface area contributed by atoms with Crippen LogP contribution in [0.4, 0.5) is 8.78 Å². The lowest BCUT2D eigenvalue weighted by atomic mass is 9.84. The largest absolute Gasteiger partial charge is 0.481 e. The number of methoxy groups -OCH3 is 1. The smallest absolute Gasteiger partial charge is 0.279 e. The zero-order valence-corrected chi connectivity index (χ0v) is 9.34. The van der Waals surface area contributed by atoms with E-state index in [-0.39, 0.29) is 5.56 Å². The molecule has 0 fully saturated rings. The third kappa shape index (κ3) is 2.25. The van der Waals surface area contributed by atoms with E-state index in [2.05, 4.69) is 4.98 Å². The van der Waals surface area contributed by atoms with Gasteiger partial charge in [-0.05, 0) is 6.07 Å². The first kappa shape index (κ1) is 11.9. The molecule has 1 rings (SSSR count). The molecular weight excluding hydrogens is 200 g/mol. The number of aromatic nitrogens is 1. The van der Waals surface area contributed by atoms with Crippen LogP contribution < -0.4 is 4.74 Å². The van der Waals surface area contributed by atoms with Gasteiger partial charge in [-0.2, -0.15) is 0 Å². The Morgan fingerprint density at radius 1 is 1.20 bits per heavy atom. The molecule has 0 aliphatic heterocycles. The molecule has 1 aromatic rings. The molecule has 0 radical (unpaired) electrons. The Labute approximate surface area is 88.3 Å². The van der Waals surface area contributed by atoms with E-state index >= 15 is 0 Å². The average molecular weight is 215 g/mol. The van der Waals surface area contributed by atoms with Crippen molar-refractivity contribution in [1.29, 1.82) is 0 Å². The second-order valence-electron chi connectivity index (χ2n) is 4.41. The second kappa shape index (κ2) is 3.76. The maximum atomic E-state index is 13.8. The van der Waals surface area contributed by atoms with Crippen LogP contribution in [0.3, 0.4) is 0 Å². The highest BCUT2D eigenvalue weighted by atomic mass is 19.3. The van der Waals surface area contributed by atoms with Crippen molar-refractivity contribution >= 4 is 0 Å². The van der Waals surface area contributed by atoms with Gasteiger partial charge in [0.15, 0.2) is 0 Å². The lowest BCUT2D eigenvalue weighted by Gasteiger charge is -2.30. The number of hydrogen-bond donors (Lipinski definition) is 0. The first-order chi connectivity index (χ1) is 6.79. The maximum absolute atomic E-state index is 13.8. The molecule has 0 amide bonds. The molecule has 0 saturated heterocycles. The predicted molar refractivity (Wildman–Crippen MR) is 54.1 cm³/mol. The Balaban J connectivity index is 3.06. The summed E-state index contributed by atoms with van der Waals surface area (Å²) in [6, 6.07) is 2.78. The van der Waals surface area contributed by atoms with Crippen molar-refractivity contribution in [2.24, 2.45) is 5.41 Å². The third-order valence-corrected chi connectivity index (χ3v) is 2.25. The highest BCUT2D eigenvalue weighted by Crippen LogP contribution is 2.44. The number of alkyl halides is 2. The van der Waals surface area contributed by atoms with Crippen molar-refractivity contribution in [3.05, 3.63) is 23.9 Å². The van der Waals surface area contributed by atoms with E-state index in [4.69, 9.17) is 4.74 Å². The van der Waals surface area contributed by atoms with Crippen LogP contribution >= 0.6 is 0 Å². The van der Waals surface area contributed by atoms with Gasteiger partial charge in [-0.25, -0.2) is 13.8 Å². The van der Waals surface area contributed by atoms with Crippen LogP contribution in [0.15, 0.2) is 18.3 Å². The van der Waals surface area contributed by atoms with E-state index in [1.165, 1.54) is 40.0 Å². The Morgan fingerprint density at radius 2 is 1.80 bits per heavy atom. The molecule has 0 N–H and O–H groups in total. The van der Waals surface area contributed by atoms with Gasteiger partial charge in [0.25, 0.3) is 5.92 Å². The SMILES string of the molecule is COc1ccc(C(F)(F)C(C)(C)C)cn1. The fraction of sp³-hybridized carbons (Fsp3) is 0.545. The highest BCUT2D eigenvalue weighted by molar-refractivity contribution is 5.23. The minimum atomic E-state index is -2.90. The summed E-state index contributed by atoms with van der Waals surface area (Å²) in [7, 11) is 1.45. The molecule has 84 valence electrons. The molecule has 15 heavy (non-hydrogen) atoms. The van der Waals surface area contributed by atoms with Crippen LogP contribution in [0.1, 0.15) is 26.3 Å². The quantitative estimate of drug-likeness (QED) is 0.755. The van der Waals surface area contributed by atoms with Gasteiger partial charge in [-0.15, -0.1) is 0 Å². The van der Waals surface area contributed by atoms with Crippen molar-refractivity contribution in [2.45, 2.75) is 26.7 Å². The molecule has 4 heteroatoms. The normalized spacial score (nSPS) is 12.7. The van der Waals surface area contributed by atoms with Gasteiger partial charge < -0.3 is 4.74 Å². The lowest BCUT2D eigenvalue weighted by Crippen LogP contribution is -2.31. The number of nitrogens with zero attached hydrogens (tertiary/aromatic N) is 1. The fourth-order valence-electron chi connectivity index (χ4n) is 1.12. The van der Waals surface area contributed by atoms with Gasteiger partial charge in [0.2, 0.25) is 5.88 Å². The van der Waals surface area contributed by atoms with E-state index < -0.39 is 11.3 Å². The van der Waals surface area contributed by atoms with Crippen molar-refractivity contribution in [3.63, 3.8) is 0 Å². The molecule has 0 atom stereocenters. The van der Waals surface area contributed by atoms with Crippen LogP contribution in [-0.4, -0.2) is 12.1 Å². The summed E-state index contributed by atoms with van der Waals surface area (Å²) in [6.45, 7) is 4.49. The highest BCUT2D eigenvalue weighted by Gasteiger charge is 2.44.